The van der Waals surface area contributed by atoms with Crippen LogP contribution in [0.1, 0.15) is 48.9 Å². The van der Waals surface area contributed by atoms with Crippen LogP contribution in [0.3, 0.4) is 0 Å². The van der Waals surface area contributed by atoms with Crippen molar-refractivity contribution in [1.82, 2.24) is 9.78 Å². The molecule has 1 aromatic heterocycles. The number of rotatable bonds is 9. The van der Waals surface area contributed by atoms with E-state index in [1.54, 1.807) is 81.6 Å². The molecule has 2 aromatic carbocycles. The highest BCUT2D eigenvalue weighted by molar-refractivity contribution is 7.90. The van der Waals surface area contributed by atoms with Gasteiger partial charge in [-0.2, -0.15) is 17.9 Å². The number of nitrogens with zero attached hydrogens (tertiary/aromatic N) is 3. The van der Waals surface area contributed by atoms with Gasteiger partial charge in [0.15, 0.2) is 0 Å². The third kappa shape index (κ3) is 10.0. The summed E-state index contributed by atoms with van der Waals surface area (Å²) in [5.74, 6) is 0.708. The van der Waals surface area contributed by atoms with Gasteiger partial charge in [-0.15, -0.1) is 0 Å². The Hall–Kier alpha value is -4.44. The van der Waals surface area contributed by atoms with Crippen molar-refractivity contribution in [2.45, 2.75) is 45.9 Å². The topological polar surface area (TPSA) is 129 Å². The van der Waals surface area contributed by atoms with Crippen LogP contribution in [-0.4, -0.2) is 29.8 Å². The number of hydrogen-bond acceptors (Lipinski definition) is 6. The second-order valence-corrected chi connectivity index (χ2v) is 10.5. The summed E-state index contributed by atoms with van der Waals surface area (Å²) in [5.41, 5.74) is 8.89. The number of carbonyl (C=O) groups is 1. The van der Waals surface area contributed by atoms with E-state index in [-0.39, 0.29) is 10.8 Å². The van der Waals surface area contributed by atoms with Crippen molar-refractivity contribution in [2.75, 3.05) is 5.32 Å². The monoisotopic (exact) mass is 563 g/mol. The molecule has 0 unspecified atom stereocenters. The number of benzene rings is 2. The lowest BCUT2D eigenvalue weighted by atomic mass is 10.2. The largest absolute Gasteiger partial charge is 0.458 e. The lowest BCUT2D eigenvalue weighted by Gasteiger charge is -2.09. The number of hydrogen-bond donors (Lipinski definition) is 2. The highest BCUT2D eigenvalue weighted by Crippen LogP contribution is 2.21. The predicted molar refractivity (Wildman–Crippen MR) is 161 cm³/mol. The number of nitrogens with two attached hydrogens (primary N) is 1. The fraction of sp³-hybridized carbons (Fsp3) is 0.233. The van der Waals surface area contributed by atoms with E-state index in [9.17, 15) is 13.2 Å². The zero-order chi connectivity index (χ0) is 29.9. The van der Waals surface area contributed by atoms with Crippen molar-refractivity contribution in [3.63, 3.8) is 0 Å². The molecule has 0 atom stereocenters. The van der Waals surface area contributed by atoms with E-state index in [2.05, 4.69) is 21.4 Å². The summed E-state index contributed by atoms with van der Waals surface area (Å²) in [6, 6.07) is 15.2. The van der Waals surface area contributed by atoms with Crippen LogP contribution in [0.25, 0.3) is 0 Å². The molecule has 212 valence electrons. The SMILES string of the molecule is C=C(N)CC.C\C=C(/C=C\C(C)=N\S(=O)(=O)c1ccc(C)cc1)Oc1cccc(NC(=O)c2cc(C)nn2C)c1. The molecule has 0 saturated heterocycles. The van der Waals surface area contributed by atoms with Gasteiger partial charge in [-0.05, 0) is 82.7 Å². The average Bonchev–Trinajstić information content (AvgIpc) is 3.24. The third-order valence-electron chi connectivity index (χ3n) is 5.37. The Morgan fingerprint density at radius 2 is 1.80 bits per heavy atom. The molecule has 1 heterocycles. The molecule has 0 fully saturated rings. The maximum atomic E-state index is 12.6. The van der Waals surface area contributed by atoms with Gasteiger partial charge in [-0.3, -0.25) is 9.48 Å². The van der Waals surface area contributed by atoms with Crippen LogP contribution < -0.4 is 15.8 Å². The van der Waals surface area contributed by atoms with Crippen LogP contribution >= 0.6 is 0 Å². The van der Waals surface area contributed by atoms with Gasteiger partial charge in [0.1, 0.15) is 17.2 Å². The molecule has 0 saturated carbocycles. The van der Waals surface area contributed by atoms with E-state index < -0.39 is 10.0 Å². The Morgan fingerprint density at radius 1 is 1.15 bits per heavy atom. The van der Waals surface area contributed by atoms with Crippen molar-refractivity contribution in [1.29, 1.82) is 0 Å². The number of ether oxygens (including phenoxy) is 1. The van der Waals surface area contributed by atoms with Crippen molar-refractivity contribution >= 4 is 27.3 Å². The van der Waals surface area contributed by atoms with E-state index in [1.807, 2.05) is 20.8 Å². The van der Waals surface area contributed by atoms with E-state index in [4.69, 9.17) is 10.5 Å². The molecule has 0 aliphatic heterocycles. The van der Waals surface area contributed by atoms with E-state index in [1.165, 1.54) is 16.8 Å². The molecule has 0 radical (unpaired) electrons. The summed E-state index contributed by atoms with van der Waals surface area (Å²) in [6.45, 7) is 12.5. The van der Waals surface area contributed by atoms with Crippen molar-refractivity contribution < 1.29 is 17.9 Å². The first-order valence-corrected chi connectivity index (χ1v) is 14.0. The number of anilines is 1. The molecule has 0 bridgehead atoms. The molecule has 0 aliphatic rings. The fourth-order valence-electron chi connectivity index (χ4n) is 3.17. The van der Waals surface area contributed by atoms with Crippen LogP contribution in [0, 0.1) is 13.8 Å². The minimum Gasteiger partial charge on any atom is -0.458 e. The average molecular weight is 564 g/mol. The molecule has 3 N–H and O–H groups in total. The molecule has 0 aliphatic carbocycles. The molecule has 9 nitrogen and oxygen atoms in total. The zero-order valence-corrected chi connectivity index (χ0v) is 24.6. The number of allylic oxidation sites excluding steroid dienone is 4. The van der Waals surface area contributed by atoms with Gasteiger partial charge in [-0.25, -0.2) is 0 Å². The predicted octanol–water partition coefficient (Wildman–Crippen LogP) is 5.85. The molecule has 3 rings (SSSR count). The van der Waals surface area contributed by atoms with Crippen molar-refractivity contribution in [3.05, 3.63) is 108 Å². The summed E-state index contributed by atoms with van der Waals surface area (Å²) < 4.78 is 36.3. The first kappa shape index (κ1) is 31.8. The van der Waals surface area contributed by atoms with Gasteiger partial charge in [0.25, 0.3) is 15.9 Å². The first-order valence-electron chi connectivity index (χ1n) is 12.6. The Labute approximate surface area is 236 Å². The first-order chi connectivity index (χ1) is 18.8. The lowest BCUT2D eigenvalue weighted by Crippen LogP contribution is -2.16. The van der Waals surface area contributed by atoms with Crippen LogP contribution in [0.5, 0.6) is 5.75 Å². The van der Waals surface area contributed by atoms with Crippen LogP contribution in [-0.2, 0) is 17.1 Å². The van der Waals surface area contributed by atoms with E-state index in [0.29, 0.717) is 28.6 Å². The standard InChI is InChI=1S/C26H28N4O4S.C4H9N/c1-6-22(13-12-19(3)29-35(32,33)24-14-10-18(2)11-15-24)34-23-9-7-8-21(17-23)27-26(31)25-16-20(4)28-30(25)5;1-3-4(2)5/h6-17H,1-5H3,(H,27,31);2-3,5H2,1H3/b13-12-,22-6+,29-19+;. The molecule has 0 spiro atoms. The quantitative estimate of drug-likeness (QED) is 0.191. The minimum atomic E-state index is -3.80. The van der Waals surface area contributed by atoms with Gasteiger partial charge in [0.2, 0.25) is 0 Å². The Bertz CT molecular complexity index is 1530. The molecule has 40 heavy (non-hydrogen) atoms. The summed E-state index contributed by atoms with van der Waals surface area (Å²) in [5, 5.41) is 7.02. The van der Waals surface area contributed by atoms with Crippen molar-refractivity contribution in [2.24, 2.45) is 17.2 Å². The molecule has 3 aromatic rings. The van der Waals surface area contributed by atoms with Crippen LogP contribution in [0.15, 0.2) is 100 Å². The normalized spacial score (nSPS) is 12.1. The van der Waals surface area contributed by atoms with Crippen LogP contribution in [0.4, 0.5) is 5.69 Å². The number of nitrogens with one attached hydrogen (secondary N) is 1. The number of amides is 1. The minimum absolute atomic E-state index is 0.138. The lowest BCUT2D eigenvalue weighted by molar-refractivity contribution is 0.101. The van der Waals surface area contributed by atoms with Gasteiger partial charge >= 0.3 is 0 Å². The Kier molecular flexibility index (Phi) is 11.6. The van der Waals surface area contributed by atoms with E-state index in [0.717, 1.165) is 23.4 Å². The summed E-state index contributed by atoms with van der Waals surface area (Å²) in [7, 11) is -2.09. The van der Waals surface area contributed by atoms with Gasteiger partial charge < -0.3 is 15.8 Å². The molecule has 10 heteroatoms. The Balaban J connectivity index is 0.00000103. The second-order valence-electron chi connectivity index (χ2n) is 8.94. The second kappa shape index (κ2) is 14.6. The maximum Gasteiger partial charge on any atom is 0.282 e. The highest BCUT2D eigenvalue weighted by Gasteiger charge is 2.13. The fourth-order valence-corrected chi connectivity index (χ4v) is 4.19. The van der Waals surface area contributed by atoms with Gasteiger partial charge in [0.05, 0.1) is 16.3 Å². The Morgan fingerprint density at radius 3 is 2.35 bits per heavy atom. The number of sulfonamides is 1. The van der Waals surface area contributed by atoms with Crippen molar-refractivity contribution in [3.8, 4) is 5.75 Å². The third-order valence-corrected chi connectivity index (χ3v) is 6.77. The van der Waals surface area contributed by atoms with Crippen LogP contribution in [0.2, 0.25) is 0 Å². The number of aromatic nitrogens is 2. The molecule has 1 amide bonds. The maximum absolute atomic E-state index is 12.6. The summed E-state index contributed by atoms with van der Waals surface area (Å²) in [6.07, 6.45) is 5.83. The van der Waals surface area contributed by atoms with Gasteiger partial charge in [-0.1, -0.05) is 37.3 Å². The molecular formula is C30H37N5O4S. The van der Waals surface area contributed by atoms with E-state index >= 15 is 0 Å². The summed E-state index contributed by atoms with van der Waals surface area (Å²) in [4.78, 5) is 12.7. The number of carbonyl (C=O) groups excluding carboxylic acids is 1. The summed E-state index contributed by atoms with van der Waals surface area (Å²) >= 11 is 0. The smallest absolute Gasteiger partial charge is 0.282 e. The highest BCUT2D eigenvalue weighted by atomic mass is 32.2. The van der Waals surface area contributed by atoms with Gasteiger partial charge in [0, 0.05) is 24.5 Å². The zero-order valence-electron chi connectivity index (χ0n) is 23.8. The number of aryl methyl sites for hydroxylation is 3. The molecular weight excluding hydrogens is 526 g/mol.